The Morgan fingerprint density at radius 1 is 0.824 bits per heavy atom. The largest absolute Gasteiger partial charge is 1.00 e. The van der Waals surface area contributed by atoms with E-state index >= 15 is 0 Å². The van der Waals surface area contributed by atoms with Gasteiger partial charge < -0.3 is 13.8 Å². The van der Waals surface area contributed by atoms with Gasteiger partial charge in [0.1, 0.15) is 11.9 Å². The SMILES string of the molecule is O=S(=O)([O-])OCC(OS(=O)(=O)[O-])C(Oc1ccc(N=C=S)cc1)c1ccc(N=C=S)cc1.[Na+].[Na+]. The summed E-state index contributed by atoms with van der Waals surface area (Å²) in [6.45, 7) is -1.12. The number of nitrogens with zero attached hydrogens (tertiary/aromatic N) is 2. The van der Waals surface area contributed by atoms with Crippen LogP contribution in [0.2, 0.25) is 0 Å². The second kappa shape index (κ2) is 15.6. The van der Waals surface area contributed by atoms with Crippen LogP contribution in [0.5, 0.6) is 5.75 Å². The summed E-state index contributed by atoms with van der Waals surface area (Å²) < 4.78 is 80.6. The Kier molecular flexibility index (Phi) is 15.4. The third-order valence-electron chi connectivity index (χ3n) is 3.63. The van der Waals surface area contributed by atoms with Crippen molar-refractivity contribution >= 4 is 66.9 Å². The van der Waals surface area contributed by atoms with Crippen LogP contribution in [0.1, 0.15) is 11.7 Å². The first-order chi connectivity index (χ1) is 15.0. The van der Waals surface area contributed by atoms with Gasteiger partial charge in [0.05, 0.1) is 28.3 Å². The first-order valence-corrected chi connectivity index (χ1v) is 11.8. The Balaban J connectivity index is 0.00000544. The van der Waals surface area contributed by atoms with E-state index in [1.165, 1.54) is 48.5 Å². The van der Waals surface area contributed by atoms with Gasteiger partial charge in [-0.2, -0.15) is 9.98 Å². The van der Waals surface area contributed by atoms with Gasteiger partial charge in [0, 0.05) is 0 Å². The standard InChI is InChI=1S/C17H14N2O9S4.2Na/c20-31(21,22)26-9-16(28-32(23,24)25)17(12-1-3-13(4-2-12)18-10-29)27-15-7-5-14(6-8-15)19-11-30;;/h1-8,16-17H,9H2,(H,20,21,22)(H,23,24,25);;/q;2*+1/p-2. The zero-order chi connectivity index (χ0) is 23.8. The molecule has 0 saturated carbocycles. The van der Waals surface area contributed by atoms with Crippen LogP contribution in [0.25, 0.3) is 0 Å². The van der Waals surface area contributed by atoms with Gasteiger partial charge in [-0.15, -0.1) is 0 Å². The predicted octanol–water partition coefficient (Wildman–Crippen LogP) is -3.39. The molecular formula is C17H12N2Na2O9S4. The van der Waals surface area contributed by atoms with Gasteiger partial charge in [0.15, 0.2) is 6.10 Å². The van der Waals surface area contributed by atoms with E-state index in [4.69, 9.17) is 4.74 Å². The van der Waals surface area contributed by atoms with E-state index in [9.17, 15) is 25.9 Å². The van der Waals surface area contributed by atoms with Crippen molar-refractivity contribution in [2.24, 2.45) is 9.98 Å². The number of aliphatic imine (C=N–C) groups is 2. The molecule has 0 aliphatic rings. The van der Waals surface area contributed by atoms with Crippen molar-refractivity contribution in [1.82, 2.24) is 0 Å². The van der Waals surface area contributed by atoms with Crippen LogP contribution < -0.4 is 63.9 Å². The van der Waals surface area contributed by atoms with E-state index in [0.29, 0.717) is 11.4 Å². The maximum atomic E-state index is 11.2. The molecule has 0 bridgehead atoms. The fourth-order valence-corrected chi connectivity index (χ4v) is 3.39. The fourth-order valence-electron chi connectivity index (χ4n) is 2.42. The molecule has 0 fully saturated rings. The Morgan fingerprint density at radius 3 is 1.71 bits per heavy atom. The molecular weight excluding hydrogens is 550 g/mol. The van der Waals surface area contributed by atoms with Crippen LogP contribution in [0, 0.1) is 0 Å². The summed E-state index contributed by atoms with van der Waals surface area (Å²) in [6.07, 6.45) is -3.26. The zero-order valence-electron chi connectivity index (χ0n) is 17.7. The Labute approximate surface area is 251 Å². The molecule has 0 saturated heterocycles. The molecule has 2 rings (SSSR count). The van der Waals surface area contributed by atoms with E-state index in [2.05, 4.69) is 53.1 Å². The first kappa shape index (κ1) is 33.6. The van der Waals surface area contributed by atoms with Gasteiger partial charge in [-0.3, -0.25) is 8.37 Å². The average molecular weight is 563 g/mol. The maximum absolute atomic E-state index is 11.2. The van der Waals surface area contributed by atoms with Crippen molar-refractivity contribution in [3.05, 3.63) is 54.1 Å². The predicted molar refractivity (Wildman–Crippen MR) is 116 cm³/mol. The molecule has 0 aromatic heterocycles. The Bertz CT molecular complexity index is 1240. The van der Waals surface area contributed by atoms with E-state index < -0.39 is 39.6 Å². The second-order valence-electron chi connectivity index (χ2n) is 5.77. The van der Waals surface area contributed by atoms with Crippen molar-refractivity contribution in [3.8, 4) is 5.75 Å². The number of hydrogen-bond acceptors (Lipinski definition) is 13. The summed E-state index contributed by atoms with van der Waals surface area (Å²) >= 11 is 9.04. The summed E-state index contributed by atoms with van der Waals surface area (Å²) in [4.78, 5) is 7.54. The molecule has 0 aliphatic carbocycles. The summed E-state index contributed by atoms with van der Waals surface area (Å²) in [6, 6.07) is 11.7. The maximum Gasteiger partial charge on any atom is 1.00 e. The topological polar surface area (TPSA) is 167 Å². The van der Waals surface area contributed by atoms with E-state index in [1.807, 2.05) is 0 Å². The molecule has 0 amide bonds. The molecule has 0 heterocycles. The molecule has 2 atom stereocenters. The second-order valence-corrected chi connectivity index (χ2v) is 8.19. The quantitative estimate of drug-likeness (QED) is 0.0881. The summed E-state index contributed by atoms with van der Waals surface area (Å²) in [5, 5.41) is 4.35. The van der Waals surface area contributed by atoms with Crippen molar-refractivity contribution in [2.75, 3.05) is 6.61 Å². The van der Waals surface area contributed by atoms with Crippen molar-refractivity contribution in [1.29, 1.82) is 0 Å². The monoisotopic (exact) mass is 562 g/mol. The molecule has 2 aromatic carbocycles. The minimum absolute atomic E-state index is 0. The van der Waals surface area contributed by atoms with Crippen molar-refractivity contribution < 1.29 is 98.2 Å². The van der Waals surface area contributed by atoms with Crippen molar-refractivity contribution in [3.63, 3.8) is 0 Å². The Morgan fingerprint density at radius 2 is 1.29 bits per heavy atom. The van der Waals surface area contributed by atoms with Crippen LogP contribution >= 0.6 is 24.4 Å². The number of thiocarbonyl (C=S) groups is 2. The molecule has 2 unspecified atom stereocenters. The molecule has 0 radical (unpaired) electrons. The third kappa shape index (κ3) is 12.5. The zero-order valence-corrected chi connectivity index (χ0v) is 24.9. The number of rotatable bonds is 11. The summed E-state index contributed by atoms with van der Waals surface area (Å²) in [5.74, 6) is 0.154. The van der Waals surface area contributed by atoms with Gasteiger partial charge in [0.2, 0.25) is 20.8 Å². The van der Waals surface area contributed by atoms with Gasteiger partial charge in [0.25, 0.3) is 0 Å². The molecule has 34 heavy (non-hydrogen) atoms. The van der Waals surface area contributed by atoms with E-state index in [1.54, 1.807) is 0 Å². The van der Waals surface area contributed by atoms with Crippen LogP contribution in [-0.4, -0.2) is 49.0 Å². The normalized spacial score (nSPS) is 12.5. The summed E-state index contributed by atoms with van der Waals surface area (Å²) in [5.41, 5.74) is 1.08. The number of isothiocyanates is 2. The average Bonchev–Trinajstić information content (AvgIpc) is 2.70. The minimum atomic E-state index is -5.35. The molecule has 17 heteroatoms. The number of benzene rings is 2. The molecule has 0 N–H and O–H groups in total. The molecule has 0 spiro atoms. The molecule has 170 valence electrons. The van der Waals surface area contributed by atoms with E-state index in [0.717, 1.165) is 0 Å². The molecule has 2 aromatic rings. The summed E-state index contributed by atoms with van der Waals surface area (Å²) in [7, 11) is -10.6. The molecule has 0 aliphatic heterocycles. The van der Waals surface area contributed by atoms with Crippen LogP contribution in [0.4, 0.5) is 11.4 Å². The van der Waals surface area contributed by atoms with Crippen molar-refractivity contribution in [2.45, 2.75) is 12.2 Å². The van der Waals surface area contributed by atoms with Crippen LogP contribution in [-0.2, 0) is 29.2 Å². The van der Waals surface area contributed by atoms with Crippen LogP contribution in [0.15, 0.2) is 58.5 Å². The van der Waals surface area contributed by atoms with Gasteiger partial charge in [-0.25, -0.2) is 16.8 Å². The smallest absolute Gasteiger partial charge is 0.726 e. The van der Waals surface area contributed by atoms with Gasteiger partial charge in [-0.1, -0.05) is 12.1 Å². The molecule has 11 nitrogen and oxygen atoms in total. The van der Waals surface area contributed by atoms with Gasteiger partial charge >= 0.3 is 59.1 Å². The van der Waals surface area contributed by atoms with Gasteiger partial charge in [-0.05, 0) is 66.4 Å². The first-order valence-electron chi connectivity index (χ1n) is 8.27. The number of ether oxygens (including phenoxy) is 1. The van der Waals surface area contributed by atoms with E-state index in [-0.39, 0.29) is 70.4 Å². The fraction of sp³-hybridized carbons (Fsp3) is 0.176. The number of hydrogen-bond donors (Lipinski definition) is 0. The Hall–Kier alpha value is -0.420. The third-order valence-corrected chi connectivity index (χ3v) is 4.72. The van der Waals surface area contributed by atoms with Crippen LogP contribution in [0.3, 0.4) is 0 Å². The minimum Gasteiger partial charge on any atom is -0.726 e.